The fourth-order valence-corrected chi connectivity index (χ4v) is 0.554. The van der Waals surface area contributed by atoms with Gasteiger partial charge in [0, 0.05) is 0 Å². The first-order valence-electron chi connectivity index (χ1n) is 3.50. The van der Waals surface area contributed by atoms with Crippen molar-refractivity contribution in [3.05, 3.63) is 0 Å². The quantitative estimate of drug-likeness (QED) is 0.442. The standard InChI is InChI=1S/C8H15N/c1-4-6-7-9-8(3)5-2/h2,8-9H,4,6-7H2,1,3H3/t8-/m1/s1. The number of terminal acetylenes is 1. The predicted molar refractivity (Wildman–Crippen MR) is 41.2 cm³/mol. The molecule has 1 nitrogen and oxygen atoms in total. The molecule has 9 heavy (non-hydrogen) atoms. The third-order valence-electron chi connectivity index (χ3n) is 1.23. The summed E-state index contributed by atoms with van der Waals surface area (Å²) in [6.45, 7) is 5.21. The number of rotatable bonds is 4. The van der Waals surface area contributed by atoms with Gasteiger partial charge in [-0.05, 0) is 19.9 Å². The number of hydrogen-bond donors (Lipinski definition) is 1. The lowest BCUT2D eigenvalue weighted by Gasteiger charge is -2.04. The summed E-state index contributed by atoms with van der Waals surface area (Å²) in [4.78, 5) is 0. The SMILES string of the molecule is C#C[C@@H](C)NCCCC. The Hall–Kier alpha value is -0.480. The molecule has 0 aromatic rings. The highest BCUT2D eigenvalue weighted by atomic mass is 14.9. The Labute approximate surface area is 57.8 Å². The summed E-state index contributed by atoms with van der Waals surface area (Å²) in [6.07, 6.45) is 7.58. The van der Waals surface area contributed by atoms with Crippen LogP contribution in [0.4, 0.5) is 0 Å². The summed E-state index contributed by atoms with van der Waals surface area (Å²) < 4.78 is 0. The Bertz CT molecular complexity index is 91.2. The summed E-state index contributed by atoms with van der Waals surface area (Å²) in [5.74, 6) is 2.61. The second kappa shape index (κ2) is 5.65. The number of nitrogens with one attached hydrogen (secondary N) is 1. The van der Waals surface area contributed by atoms with E-state index in [1.54, 1.807) is 0 Å². The van der Waals surface area contributed by atoms with Crippen molar-refractivity contribution in [2.45, 2.75) is 32.7 Å². The van der Waals surface area contributed by atoms with Gasteiger partial charge >= 0.3 is 0 Å². The lowest BCUT2D eigenvalue weighted by Crippen LogP contribution is -2.24. The van der Waals surface area contributed by atoms with E-state index >= 15 is 0 Å². The Morgan fingerprint density at radius 2 is 2.33 bits per heavy atom. The lowest BCUT2D eigenvalue weighted by atomic mass is 10.3. The van der Waals surface area contributed by atoms with Crippen LogP contribution in [0, 0.1) is 12.3 Å². The molecule has 52 valence electrons. The molecule has 0 radical (unpaired) electrons. The highest BCUT2D eigenvalue weighted by Crippen LogP contribution is 1.84. The number of hydrogen-bond acceptors (Lipinski definition) is 1. The monoisotopic (exact) mass is 125 g/mol. The molecule has 1 N–H and O–H groups in total. The fraction of sp³-hybridized carbons (Fsp3) is 0.750. The van der Waals surface area contributed by atoms with Crippen molar-refractivity contribution in [1.82, 2.24) is 5.32 Å². The highest BCUT2D eigenvalue weighted by molar-refractivity contribution is 4.95. The second-order valence-corrected chi connectivity index (χ2v) is 2.20. The van der Waals surface area contributed by atoms with Crippen LogP contribution in [0.5, 0.6) is 0 Å². The van der Waals surface area contributed by atoms with Gasteiger partial charge in [-0.1, -0.05) is 19.3 Å². The number of unbranched alkanes of at least 4 members (excludes halogenated alkanes) is 1. The summed E-state index contributed by atoms with van der Waals surface area (Å²) >= 11 is 0. The van der Waals surface area contributed by atoms with Gasteiger partial charge in [0.1, 0.15) is 0 Å². The molecule has 0 saturated carbocycles. The van der Waals surface area contributed by atoms with Crippen molar-refractivity contribution in [2.75, 3.05) is 6.54 Å². The van der Waals surface area contributed by atoms with Gasteiger partial charge in [0.25, 0.3) is 0 Å². The summed E-state index contributed by atoms with van der Waals surface area (Å²) in [6, 6.07) is 0.233. The van der Waals surface area contributed by atoms with Crippen LogP contribution in [0.3, 0.4) is 0 Å². The van der Waals surface area contributed by atoms with Crippen molar-refractivity contribution in [3.63, 3.8) is 0 Å². The van der Waals surface area contributed by atoms with Crippen LogP contribution < -0.4 is 5.32 Å². The van der Waals surface area contributed by atoms with E-state index in [0.29, 0.717) is 0 Å². The molecule has 0 spiro atoms. The van der Waals surface area contributed by atoms with Crippen LogP contribution in [0.1, 0.15) is 26.7 Å². The highest BCUT2D eigenvalue weighted by Gasteiger charge is 1.90. The normalized spacial score (nSPS) is 12.6. The molecule has 0 aliphatic heterocycles. The Kier molecular flexibility index (Phi) is 5.35. The average molecular weight is 125 g/mol. The topological polar surface area (TPSA) is 12.0 Å². The maximum atomic E-state index is 5.14. The fourth-order valence-electron chi connectivity index (χ4n) is 0.554. The molecule has 0 fully saturated rings. The van der Waals surface area contributed by atoms with Crippen LogP contribution in [0.15, 0.2) is 0 Å². The third-order valence-corrected chi connectivity index (χ3v) is 1.23. The first kappa shape index (κ1) is 8.52. The van der Waals surface area contributed by atoms with Crippen LogP contribution in [0.2, 0.25) is 0 Å². The molecule has 0 aliphatic rings. The maximum absolute atomic E-state index is 5.14. The predicted octanol–water partition coefficient (Wildman–Crippen LogP) is 1.40. The first-order valence-corrected chi connectivity index (χ1v) is 3.50. The molecule has 0 bridgehead atoms. The summed E-state index contributed by atoms with van der Waals surface area (Å²) in [5.41, 5.74) is 0. The molecular weight excluding hydrogens is 110 g/mol. The Morgan fingerprint density at radius 1 is 1.67 bits per heavy atom. The largest absolute Gasteiger partial charge is 0.304 e. The van der Waals surface area contributed by atoms with E-state index in [4.69, 9.17) is 6.42 Å². The van der Waals surface area contributed by atoms with Gasteiger partial charge in [0.15, 0.2) is 0 Å². The first-order chi connectivity index (χ1) is 4.31. The van der Waals surface area contributed by atoms with E-state index in [2.05, 4.69) is 18.2 Å². The molecule has 0 saturated heterocycles. The molecular formula is C8H15N. The van der Waals surface area contributed by atoms with Gasteiger partial charge in [0.2, 0.25) is 0 Å². The van der Waals surface area contributed by atoms with Crippen molar-refractivity contribution >= 4 is 0 Å². The van der Waals surface area contributed by atoms with Gasteiger partial charge in [-0.2, -0.15) is 0 Å². The van der Waals surface area contributed by atoms with E-state index in [1.165, 1.54) is 12.8 Å². The zero-order valence-corrected chi connectivity index (χ0v) is 6.28. The van der Waals surface area contributed by atoms with Crippen molar-refractivity contribution < 1.29 is 0 Å². The molecule has 0 amide bonds. The minimum absolute atomic E-state index is 0.233. The molecule has 0 rings (SSSR count). The van der Waals surface area contributed by atoms with Crippen LogP contribution in [0.25, 0.3) is 0 Å². The molecule has 1 atom stereocenters. The van der Waals surface area contributed by atoms with Crippen LogP contribution in [-0.2, 0) is 0 Å². The van der Waals surface area contributed by atoms with E-state index in [1.807, 2.05) is 6.92 Å². The van der Waals surface area contributed by atoms with Crippen molar-refractivity contribution in [1.29, 1.82) is 0 Å². The van der Waals surface area contributed by atoms with Gasteiger partial charge in [-0.25, -0.2) is 0 Å². The molecule has 0 aromatic carbocycles. The summed E-state index contributed by atoms with van der Waals surface area (Å²) in [7, 11) is 0. The summed E-state index contributed by atoms with van der Waals surface area (Å²) in [5, 5.41) is 3.20. The van der Waals surface area contributed by atoms with E-state index < -0.39 is 0 Å². The van der Waals surface area contributed by atoms with Gasteiger partial charge in [-0.15, -0.1) is 6.42 Å². The second-order valence-electron chi connectivity index (χ2n) is 2.20. The van der Waals surface area contributed by atoms with E-state index in [-0.39, 0.29) is 6.04 Å². The maximum Gasteiger partial charge on any atom is 0.0658 e. The molecule has 0 aliphatic carbocycles. The molecule has 0 heterocycles. The zero-order chi connectivity index (χ0) is 7.11. The van der Waals surface area contributed by atoms with Crippen molar-refractivity contribution in [2.24, 2.45) is 0 Å². The van der Waals surface area contributed by atoms with Crippen LogP contribution >= 0.6 is 0 Å². The van der Waals surface area contributed by atoms with E-state index in [9.17, 15) is 0 Å². The van der Waals surface area contributed by atoms with Gasteiger partial charge in [0.05, 0.1) is 6.04 Å². The van der Waals surface area contributed by atoms with Crippen molar-refractivity contribution in [3.8, 4) is 12.3 Å². The molecule has 0 unspecified atom stereocenters. The Balaban J connectivity index is 2.99. The third kappa shape index (κ3) is 5.39. The Morgan fingerprint density at radius 3 is 2.78 bits per heavy atom. The molecule has 1 heteroatoms. The minimum atomic E-state index is 0.233. The minimum Gasteiger partial charge on any atom is -0.304 e. The van der Waals surface area contributed by atoms with Gasteiger partial charge in [-0.3, -0.25) is 0 Å². The van der Waals surface area contributed by atoms with E-state index in [0.717, 1.165) is 6.54 Å². The smallest absolute Gasteiger partial charge is 0.0658 e. The zero-order valence-electron chi connectivity index (χ0n) is 6.28. The lowest BCUT2D eigenvalue weighted by molar-refractivity contribution is 0.611. The van der Waals surface area contributed by atoms with Crippen LogP contribution in [-0.4, -0.2) is 12.6 Å². The average Bonchev–Trinajstić information content (AvgIpc) is 1.89. The van der Waals surface area contributed by atoms with Gasteiger partial charge < -0.3 is 5.32 Å². The molecule has 0 aromatic heterocycles.